The summed E-state index contributed by atoms with van der Waals surface area (Å²) in [4.78, 5) is 3.90. The number of hydrogen-bond acceptors (Lipinski definition) is 2. The Labute approximate surface area is 72.2 Å². The van der Waals surface area contributed by atoms with Crippen LogP contribution in [-0.4, -0.2) is 24.2 Å². The predicted octanol–water partition coefficient (Wildman–Crippen LogP) is 2.23. The van der Waals surface area contributed by atoms with Gasteiger partial charge in [-0.1, -0.05) is 12.2 Å². The van der Waals surface area contributed by atoms with Gasteiger partial charge in [0.1, 0.15) is 0 Å². The summed E-state index contributed by atoms with van der Waals surface area (Å²) >= 11 is 2.00. The zero-order valence-corrected chi connectivity index (χ0v) is 7.66. The van der Waals surface area contributed by atoms with E-state index >= 15 is 0 Å². The zero-order chi connectivity index (χ0) is 7.68. The normalized spacial score (nSPS) is 23.9. The third-order valence-corrected chi connectivity index (χ3v) is 3.32. The van der Waals surface area contributed by atoms with Crippen molar-refractivity contribution in [3.8, 4) is 0 Å². The van der Waals surface area contributed by atoms with Gasteiger partial charge < -0.3 is 4.90 Å². The molecule has 11 heavy (non-hydrogen) atoms. The van der Waals surface area contributed by atoms with Crippen molar-refractivity contribution in [2.45, 2.75) is 12.8 Å². The van der Waals surface area contributed by atoms with Crippen molar-refractivity contribution in [2.75, 3.05) is 19.3 Å². The van der Waals surface area contributed by atoms with Gasteiger partial charge in [-0.25, -0.2) is 0 Å². The van der Waals surface area contributed by atoms with Gasteiger partial charge in [0.15, 0.2) is 0 Å². The van der Waals surface area contributed by atoms with Gasteiger partial charge in [0, 0.05) is 29.9 Å². The maximum atomic E-state index is 2.40. The van der Waals surface area contributed by atoms with E-state index in [0.29, 0.717) is 0 Å². The molecule has 0 aromatic rings. The number of allylic oxidation sites excluding steroid dienone is 3. The molecule has 0 bridgehead atoms. The van der Waals surface area contributed by atoms with Crippen LogP contribution in [-0.2, 0) is 0 Å². The van der Waals surface area contributed by atoms with Crippen LogP contribution >= 0.6 is 11.8 Å². The van der Waals surface area contributed by atoms with Crippen LogP contribution in [0.1, 0.15) is 12.8 Å². The fourth-order valence-corrected chi connectivity index (χ4v) is 2.77. The molecule has 0 fully saturated rings. The van der Waals surface area contributed by atoms with Gasteiger partial charge in [0.05, 0.1) is 0 Å². The Morgan fingerprint density at radius 2 is 2.45 bits per heavy atom. The minimum Gasteiger partial charge on any atom is -0.376 e. The first-order chi connectivity index (χ1) is 5.38. The Morgan fingerprint density at radius 3 is 3.27 bits per heavy atom. The molecule has 0 aromatic heterocycles. The van der Waals surface area contributed by atoms with Gasteiger partial charge in [-0.15, -0.1) is 11.8 Å². The molecule has 1 nitrogen and oxygen atoms in total. The highest BCUT2D eigenvalue weighted by molar-refractivity contribution is 8.03. The van der Waals surface area contributed by atoms with Crippen LogP contribution in [0.2, 0.25) is 0 Å². The third-order valence-electron chi connectivity index (χ3n) is 2.25. The minimum atomic E-state index is 1.22. The second-order valence-corrected chi connectivity index (χ2v) is 4.16. The van der Waals surface area contributed by atoms with E-state index in [2.05, 4.69) is 24.1 Å². The van der Waals surface area contributed by atoms with Crippen LogP contribution in [0.3, 0.4) is 0 Å². The highest BCUT2D eigenvalue weighted by Crippen LogP contribution is 2.33. The summed E-state index contributed by atoms with van der Waals surface area (Å²) in [6.07, 6.45) is 7.03. The summed E-state index contributed by atoms with van der Waals surface area (Å²) < 4.78 is 0. The Bertz CT molecular complexity index is 218. The van der Waals surface area contributed by atoms with E-state index in [1.165, 1.54) is 30.0 Å². The summed E-state index contributed by atoms with van der Waals surface area (Å²) in [6.45, 7) is 1.22. The van der Waals surface area contributed by atoms with Gasteiger partial charge in [-0.2, -0.15) is 0 Å². The minimum absolute atomic E-state index is 1.22. The molecular weight excluding hydrogens is 154 g/mol. The summed E-state index contributed by atoms with van der Waals surface area (Å²) in [5.74, 6) is 1.25. The van der Waals surface area contributed by atoms with E-state index in [-0.39, 0.29) is 0 Å². The average Bonchev–Trinajstić information content (AvgIpc) is 2.06. The quantitative estimate of drug-likeness (QED) is 0.544. The lowest BCUT2D eigenvalue weighted by Crippen LogP contribution is -2.25. The van der Waals surface area contributed by atoms with E-state index in [9.17, 15) is 0 Å². The molecular formula is C9H13NS. The van der Waals surface area contributed by atoms with Crippen LogP contribution in [0.5, 0.6) is 0 Å². The molecule has 2 rings (SSSR count). The van der Waals surface area contributed by atoms with Gasteiger partial charge in [0.25, 0.3) is 0 Å². The molecule has 0 aromatic carbocycles. The molecule has 0 spiro atoms. The van der Waals surface area contributed by atoms with Crippen molar-refractivity contribution in [2.24, 2.45) is 0 Å². The van der Waals surface area contributed by atoms with Crippen LogP contribution in [0.4, 0.5) is 0 Å². The van der Waals surface area contributed by atoms with Gasteiger partial charge in [-0.3, -0.25) is 0 Å². The molecule has 60 valence electrons. The Hall–Kier alpha value is -0.370. The largest absolute Gasteiger partial charge is 0.376 e. The summed E-state index contributed by atoms with van der Waals surface area (Å²) in [6, 6.07) is 0. The molecule has 0 N–H and O–H groups in total. The smallest absolute Gasteiger partial charge is 0.0271 e. The second-order valence-electron chi connectivity index (χ2n) is 3.02. The molecule has 1 aliphatic heterocycles. The highest BCUT2D eigenvalue weighted by Gasteiger charge is 2.16. The van der Waals surface area contributed by atoms with Gasteiger partial charge in [-0.05, 0) is 12.8 Å². The summed E-state index contributed by atoms with van der Waals surface area (Å²) in [5, 5.41) is 0. The van der Waals surface area contributed by atoms with Crippen LogP contribution in [0, 0.1) is 0 Å². The van der Waals surface area contributed by atoms with E-state index in [0.717, 1.165) is 0 Å². The monoisotopic (exact) mass is 167 g/mol. The fourth-order valence-electron chi connectivity index (χ4n) is 1.57. The molecule has 2 heteroatoms. The number of hydrogen-bond donors (Lipinski definition) is 0. The fraction of sp³-hybridized carbons (Fsp3) is 0.556. The van der Waals surface area contributed by atoms with E-state index in [1.54, 1.807) is 5.70 Å². The molecule has 0 saturated heterocycles. The maximum absolute atomic E-state index is 2.40. The third kappa shape index (κ3) is 1.32. The zero-order valence-electron chi connectivity index (χ0n) is 6.84. The van der Waals surface area contributed by atoms with Gasteiger partial charge in [0.2, 0.25) is 0 Å². The van der Waals surface area contributed by atoms with E-state index < -0.39 is 0 Å². The average molecular weight is 167 g/mol. The van der Waals surface area contributed by atoms with Crippen molar-refractivity contribution < 1.29 is 0 Å². The first-order valence-electron chi connectivity index (χ1n) is 4.11. The summed E-state index contributed by atoms with van der Waals surface area (Å²) in [7, 11) is 2.20. The number of rotatable bonds is 0. The van der Waals surface area contributed by atoms with E-state index in [4.69, 9.17) is 0 Å². The molecule has 0 radical (unpaired) electrons. The highest BCUT2D eigenvalue weighted by atomic mass is 32.2. The lowest BCUT2D eigenvalue weighted by atomic mass is 10.1. The first-order valence-corrected chi connectivity index (χ1v) is 5.10. The Morgan fingerprint density at radius 1 is 1.55 bits per heavy atom. The van der Waals surface area contributed by atoms with Crippen molar-refractivity contribution >= 4 is 11.8 Å². The predicted molar refractivity (Wildman–Crippen MR) is 50.5 cm³/mol. The lowest BCUT2D eigenvalue weighted by Gasteiger charge is -2.30. The van der Waals surface area contributed by atoms with E-state index in [1.807, 2.05) is 11.8 Å². The van der Waals surface area contributed by atoms with Crippen molar-refractivity contribution in [1.82, 2.24) is 4.90 Å². The molecule has 1 aliphatic carbocycles. The Balaban J connectivity index is 2.28. The number of nitrogens with zero attached hydrogens (tertiary/aromatic N) is 1. The second kappa shape index (κ2) is 2.94. The topological polar surface area (TPSA) is 3.24 Å². The molecule has 2 aliphatic rings. The lowest BCUT2D eigenvalue weighted by molar-refractivity contribution is 0.420. The molecule has 0 unspecified atom stereocenters. The standard InChI is InChI=1S/C9H13NS/c1-10-6-7-11-9-5-3-2-4-8(9)10/h3,5H,2,4,6-7H2,1H3. The first kappa shape index (κ1) is 7.29. The van der Waals surface area contributed by atoms with Crippen molar-refractivity contribution in [3.63, 3.8) is 0 Å². The van der Waals surface area contributed by atoms with Crippen LogP contribution < -0.4 is 0 Å². The summed E-state index contributed by atoms with van der Waals surface area (Å²) in [5.41, 5.74) is 1.56. The van der Waals surface area contributed by atoms with Crippen LogP contribution in [0.25, 0.3) is 0 Å². The maximum Gasteiger partial charge on any atom is 0.0271 e. The molecule has 0 atom stereocenters. The molecule has 0 saturated carbocycles. The molecule has 1 heterocycles. The molecule has 0 amide bonds. The van der Waals surface area contributed by atoms with Crippen molar-refractivity contribution in [3.05, 3.63) is 22.8 Å². The van der Waals surface area contributed by atoms with Crippen molar-refractivity contribution in [1.29, 1.82) is 0 Å². The Kier molecular flexibility index (Phi) is 1.95. The van der Waals surface area contributed by atoms with Crippen LogP contribution in [0.15, 0.2) is 22.8 Å². The van der Waals surface area contributed by atoms with Gasteiger partial charge >= 0.3 is 0 Å². The SMILES string of the molecule is CN1CCSC2=C1CCC=C2. The number of thioether (sulfide) groups is 1.